The minimum absolute atomic E-state index is 0.917. The second-order valence-corrected chi connectivity index (χ2v) is 4.06. The molecule has 1 N–H and O–H groups in total. The van der Waals surface area contributed by atoms with Crippen LogP contribution in [0, 0.1) is 0 Å². The Hall–Kier alpha value is -1.61. The fourth-order valence-electron chi connectivity index (χ4n) is 1.90. The molecule has 0 aliphatic heterocycles. The van der Waals surface area contributed by atoms with E-state index in [1.165, 1.54) is 16.9 Å². The van der Waals surface area contributed by atoms with E-state index >= 15 is 0 Å². The first-order valence-electron chi connectivity index (χ1n) is 6.16. The van der Waals surface area contributed by atoms with Crippen LogP contribution in [-0.2, 0) is 13.0 Å². The number of hydrogen-bond donors (Lipinski definition) is 1. The molecule has 0 unspecified atom stereocenters. The second-order valence-electron chi connectivity index (χ2n) is 4.06. The molecule has 0 atom stereocenters. The summed E-state index contributed by atoms with van der Waals surface area (Å²) in [5.74, 6) is 0. The number of imidazole rings is 1. The summed E-state index contributed by atoms with van der Waals surface area (Å²) < 4.78 is 2.15. The molecule has 3 nitrogen and oxygen atoms in total. The van der Waals surface area contributed by atoms with Crippen LogP contribution in [0.25, 0.3) is 5.69 Å². The summed E-state index contributed by atoms with van der Waals surface area (Å²) in [5, 5.41) is 3.34. The van der Waals surface area contributed by atoms with E-state index in [-0.39, 0.29) is 0 Å². The van der Waals surface area contributed by atoms with Crippen LogP contribution in [0.5, 0.6) is 0 Å². The minimum atomic E-state index is 0.917. The highest BCUT2D eigenvalue weighted by Crippen LogP contribution is 2.13. The van der Waals surface area contributed by atoms with Crippen molar-refractivity contribution >= 4 is 0 Å². The Balaban J connectivity index is 2.26. The zero-order chi connectivity index (χ0) is 12.1. The monoisotopic (exact) mass is 229 g/mol. The Kier molecular flexibility index (Phi) is 3.94. The lowest BCUT2D eigenvalue weighted by atomic mass is 10.2. The lowest BCUT2D eigenvalue weighted by Gasteiger charge is -2.09. The summed E-state index contributed by atoms with van der Waals surface area (Å²) in [5.41, 5.74) is 3.74. The Morgan fingerprint density at radius 2 is 2.18 bits per heavy atom. The van der Waals surface area contributed by atoms with E-state index in [0.717, 1.165) is 19.5 Å². The number of nitrogens with zero attached hydrogens (tertiary/aromatic N) is 2. The van der Waals surface area contributed by atoms with Gasteiger partial charge in [0.2, 0.25) is 0 Å². The predicted molar refractivity (Wildman–Crippen MR) is 70.3 cm³/mol. The molecule has 2 rings (SSSR count). The third-order valence-electron chi connectivity index (χ3n) is 2.85. The standard InChI is InChI=1S/C14H19N3/c1-3-13-10-16-11-17(13)14-7-5-6-12(8-14)9-15-4-2/h5-8,10-11,15H,3-4,9H2,1-2H3. The summed E-state index contributed by atoms with van der Waals surface area (Å²) in [7, 11) is 0. The van der Waals surface area contributed by atoms with Crippen molar-refractivity contribution in [3.63, 3.8) is 0 Å². The van der Waals surface area contributed by atoms with Crippen molar-refractivity contribution in [2.45, 2.75) is 26.8 Å². The van der Waals surface area contributed by atoms with Gasteiger partial charge in [-0.3, -0.25) is 0 Å². The molecule has 1 aromatic heterocycles. The molecule has 1 heterocycles. The molecular formula is C14H19N3. The first-order chi connectivity index (χ1) is 8.35. The summed E-state index contributed by atoms with van der Waals surface area (Å²) in [4.78, 5) is 4.21. The molecule has 0 aliphatic rings. The summed E-state index contributed by atoms with van der Waals surface area (Å²) in [6, 6.07) is 8.58. The van der Waals surface area contributed by atoms with Crippen LogP contribution < -0.4 is 5.32 Å². The van der Waals surface area contributed by atoms with Crippen molar-refractivity contribution in [2.75, 3.05) is 6.54 Å². The SMILES string of the molecule is CCNCc1cccc(-n2cncc2CC)c1. The quantitative estimate of drug-likeness (QED) is 0.854. The number of aryl methyl sites for hydroxylation is 1. The van der Waals surface area contributed by atoms with Gasteiger partial charge in [0, 0.05) is 24.1 Å². The van der Waals surface area contributed by atoms with Gasteiger partial charge in [0.15, 0.2) is 0 Å². The summed E-state index contributed by atoms with van der Waals surface area (Å²) in [6.45, 7) is 6.18. The number of rotatable bonds is 5. The third kappa shape index (κ3) is 2.74. The predicted octanol–water partition coefficient (Wildman–Crippen LogP) is 2.54. The maximum absolute atomic E-state index is 4.21. The van der Waals surface area contributed by atoms with Crippen molar-refractivity contribution in [1.82, 2.24) is 14.9 Å². The molecule has 90 valence electrons. The van der Waals surface area contributed by atoms with Gasteiger partial charge in [-0.05, 0) is 30.7 Å². The van der Waals surface area contributed by atoms with E-state index in [1.807, 2.05) is 12.5 Å². The van der Waals surface area contributed by atoms with Crippen LogP contribution in [0.2, 0.25) is 0 Å². The normalized spacial score (nSPS) is 10.7. The maximum Gasteiger partial charge on any atom is 0.0994 e. The number of hydrogen-bond acceptors (Lipinski definition) is 2. The van der Waals surface area contributed by atoms with E-state index in [1.54, 1.807) is 0 Å². The van der Waals surface area contributed by atoms with Gasteiger partial charge in [-0.15, -0.1) is 0 Å². The average Bonchev–Trinajstić information content (AvgIpc) is 2.85. The molecule has 3 heteroatoms. The lowest BCUT2D eigenvalue weighted by Crippen LogP contribution is -2.12. The highest BCUT2D eigenvalue weighted by molar-refractivity contribution is 5.37. The Morgan fingerprint density at radius 3 is 2.94 bits per heavy atom. The molecule has 0 fully saturated rings. The van der Waals surface area contributed by atoms with E-state index in [4.69, 9.17) is 0 Å². The Morgan fingerprint density at radius 1 is 1.29 bits per heavy atom. The highest BCUT2D eigenvalue weighted by Gasteiger charge is 2.02. The van der Waals surface area contributed by atoms with Crippen molar-refractivity contribution < 1.29 is 0 Å². The summed E-state index contributed by atoms with van der Waals surface area (Å²) in [6.07, 6.45) is 4.81. The highest BCUT2D eigenvalue weighted by atomic mass is 15.0. The Bertz CT molecular complexity index is 474. The van der Waals surface area contributed by atoms with E-state index in [9.17, 15) is 0 Å². The smallest absolute Gasteiger partial charge is 0.0994 e. The topological polar surface area (TPSA) is 29.9 Å². The van der Waals surface area contributed by atoms with Crippen LogP contribution in [0.3, 0.4) is 0 Å². The molecule has 17 heavy (non-hydrogen) atoms. The van der Waals surface area contributed by atoms with Crippen LogP contribution in [0.4, 0.5) is 0 Å². The molecule has 0 amide bonds. The molecule has 1 aromatic carbocycles. The van der Waals surface area contributed by atoms with Crippen molar-refractivity contribution in [3.05, 3.63) is 48.0 Å². The van der Waals surface area contributed by atoms with Gasteiger partial charge >= 0.3 is 0 Å². The van der Waals surface area contributed by atoms with Crippen molar-refractivity contribution in [2.24, 2.45) is 0 Å². The number of benzene rings is 1. The van der Waals surface area contributed by atoms with E-state index < -0.39 is 0 Å². The van der Waals surface area contributed by atoms with Crippen molar-refractivity contribution in [1.29, 1.82) is 0 Å². The molecule has 0 radical (unpaired) electrons. The van der Waals surface area contributed by atoms with Gasteiger partial charge in [-0.25, -0.2) is 4.98 Å². The minimum Gasteiger partial charge on any atom is -0.313 e. The molecule has 0 saturated carbocycles. The fraction of sp³-hybridized carbons (Fsp3) is 0.357. The van der Waals surface area contributed by atoms with E-state index in [0.29, 0.717) is 0 Å². The first-order valence-corrected chi connectivity index (χ1v) is 6.16. The van der Waals surface area contributed by atoms with Gasteiger partial charge < -0.3 is 9.88 Å². The number of aromatic nitrogens is 2. The van der Waals surface area contributed by atoms with Crippen LogP contribution in [0.1, 0.15) is 25.1 Å². The fourth-order valence-corrected chi connectivity index (χ4v) is 1.90. The maximum atomic E-state index is 4.21. The van der Waals surface area contributed by atoms with Crippen LogP contribution in [-0.4, -0.2) is 16.1 Å². The average molecular weight is 229 g/mol. The molecule has 2 aromatic rings. The van der Waals surface area contributed by atoms with Crippen molar-refractivity contribution in [3.8, 4) is 5.69 Å². The number of nitrogens with one attached hydrogen (secondary N) is 1. The molecule has 0 aliphatic carbocycles. The molecule has 0 spiro atoms. The first kappa shape index (κ1) is 11.9. The molecule has 0 bridgehead atoms. The lowest BCUT2D eigenvalue weighted by molar-refractivity contribution is 0.726. The van der Waals surface area contributed by atoms with Crippen LogP contribution in [0.15, 0.2) is 36.8 Å². The zero-order valence-corrected chi connectivity index (χ0v) is 10.5. The van der Waals surface area contributed by atoms with Crippen LogP contribution >= 0.6 is 0 Å². The van der Waals surface area contributed by atoms with Gasteiger partial charge in [-0.2, -0.15) is 0 Å². The summed E-state index contributed by atoms with van der Waals surface area (Å²) >= 11 is 0. The Labute approximate surface area is 103 Å². The third-order valence-corrected chi connectivity index (χ3v) is 2.85. The van der Waals surface area contributed by atoms with Gasteiger partial charge in [-0.1, -0.05) is 26.0 Å². The largest absolute Gasteiger partial charge is 0.313 e. The van der Waals surface area contributed by atoms with Gasteiger partial charge in [0.25, 0.3) is 0 Å². The van der Waals surface area contributed by atoms with Gasteiger partial charge in [0.05, 0.1) is 6.33 Å². The van der Waals surface area contributed by atoms with E-state index in [2.05, 4.69) is 53.0 Å². The van der Waals surface area contributed by atoms with Gasteiger partial charge in [0.1, 0.15) is 0 Å². The molecular weight excluding hydrogens is 210 g/mol. The second kappa shape index (κ2) is 5.64. The zero-order valence-electron chi connectivity index (χ0n) is 10.5. The molecule has 0 saturated heterocycles.